The number of benzene rings is 4. The Hall–Kier alpha value is -6.30. The average molecular weight is 679 g/mol. The lowest BCUT2D eigenvalue weighted by Gasteiger charge is -2.11. The number of hydrogen-bond donors (Lipinski definition) is 2. The van der Waals surface area contributed by atoms with Gasteiger partial charge in [-0.15, -0.1) is 0 Å². The third-order valence-corrected chi connectivity index (χ3v) is 6.82. The normalized spacial score (nSPS) is 10.8. The molecule has 4 aromatic rings. The van der Waals surface area contributed by atoms with Gasteiger partial charge in [0.05, 0.1) is 36.8 Å². The van der Waals surface area contributed by atoms with Gasteiger partial charge < -0.3 is 18.9 Å². The Bertz CT molecular complexity index is 1680. The van der Waals surface area contributed by atoms with Gasteiger partial charge in [0.25, 0.3) is 0 Å². The van der Waals surface area contributed by atoms with Crippen LogP contribution in [0.5, 0.6) is 23.0 Å². The zero-order chi connectivity index (χ0) is 35.6. The molecule has 0 unspecified atom stereocenters. The van der Waals surface area contributed by atoms with Crippen LogP contribution in [0.15, 0.2) is 107 Å². The maximum Gasteiger partial charge on any atom is 0.343 e. The van der Waals surface area contributed by atoms with Crippen LogP contribution in [0.2, 0.25) is 0 Å². The van der Waals surface area contributed by atoms with Crippen molar-refractivity contribution >= 4 is 36.2 Å². The summed E-state index contributed by atoms with van der Waals surface area (Å²) < 4.78 is 22.3. The summed E-state index contributed by atoms with van der Waals surface area (Å²) in [5, 5.41) is 7.99. The Kier molecular flexibility index (Phi) is 14.3. The number of hydrazone groups is 2. The van der Waals surface area contributed by atoms with E-state index >= 15 is 0 Å². The molecule has 0 spiro atoms. The summed E-state index contributed by atoms with van der Waals surface area (Å²) in [5.74, 6) is -0.352. The number of unbranched alkanes of at least 4 members (excludes halogenated alkanes) is 1. The first-order valence-corrected chi connectivity index (χ1v) is 16.1. The predicted molar refractivity (Wildman–Crippen MR) is 188 cm³/mol. The molecule has 0 fully saturated rings. The predicted octanol–water partition coefficient (Wildman–Crippen LogP) is 6.08. The van der Waals surface area contributed by atoms with Crippen molar-refractivity contribution in [3.05, 3.63) is 119 Å². The van der Waals surface area contributed by atoms with E-state index in [1.807, 2.05) is 26.0 Å². The van der Waals surface area contributed by atoms with Crippen LogP contribution >= 0.6 is 0 Å². The van der Waals surface area contributed by atoms with Gasteiger partial charge in [0, 0.05) is 12.8 Å². The molecule has 0 saturated heterocycles. The van der Waals surface area contributed by atoms with Crippen molar-refractivity contribution in [2.45, 2.75) is 39.5 Å². The van der Waals surface area contributed by atoms with Gasteiger partial charge in [-0.3, -0.25) is 9.59 Å². The number of carbonyl (C=O) groups is 4. The van der Waals surface area contributed by atoms with Gasteiger partial charge in [0.1, 0.15) is 0 Å². The van der Waals surface area contributed by atoms with Crippen LogP contribution in [0.1, 0.15) is 71.4 Å². The number of nitrogens with one attached hydrogen (secondary N) is 2. The lowest BCUT2D eigenvalue weighted by Crippen LogP contribution is -2.19. The van der Waals surface area contributed by atoms with Gasteiger partial charge in [-0.05, 0) is 98.5 Å². The molecule has 0 atom stereocenters. The summed E-state index contributed by atoms with van der Waals surface area (Å²) in [6.07, 6.45) is 4.19. The van der Waals surface area contributed by atoms with Crippen molar-refractivity contribution in [2.75, 3.05) is 13.2 Å². The standard InChI is InChI=1S/C38H38N4O8/c1-3-47-33-23-27(19-21-31(33)49-37(45)29-13-7-5-8-14-29)25-39-41-35(43)17-11-12-18-36(44)42-40-26-28-20-22-32(34(24-28)48-4-2)50-38(46)30-15-9-6-10-16-30/h5-10,13-16,19-26H,3-4,11-12,17-18H2,1-2H3,(H,41,43)(H,42,44). The summed E-state index contributed by atoms with van der Waals surface area (Å²) in [5.41, 5.74) is 7.02. The summed E-state index contributed by atoms with van der Waals surface area (Å²) in [6, 6.07) is 27.1. The van der Waals surface area contributed by atoms with Gasteiger partial charge in [-0.25, -0.2) is 20.4 Å². The third-order valence-electron chi connectivity index (χ3n) is 6.82. The van der Waals surface area contributed by atoms with E-state index in [0.29, 0.717) is 59.8 Å². The second kappa shape index (κ2) is 19.5. The minimum Gasteiger partial charge on any atom is -0.490 e. The molecule has 4 rings (SSSR count). The van der Waals surface area contributed by atoms with Crippen molar-refractivity contribution in [3.8, 4) is 23.0 Å². The fourth-order valence-corrected chi connectivity index (χ4v) is 4.42. The molecular formula is C38H38N4O8. The van der Waals surface area contributed by atoms with Crippen LogP contribution in [0.3, 0.4) is 0 Å². The Morgan fingerprint density at radius 3 is 1.34 bits per heavy atom. The quantitative estimate of drug-likeness (QED) is 0.0448. The summed E-state index contributed by atoms with van der Waals surface area (Å²) >= 11 is 0. The highest BCUT2D eigenvalue weighted by atomic mass is 16.6. The third kappa shape index (κ3) is 11.7. The van der Waals surface area contributed by atoms with Crippen molar-refractivity contribution < 1.29 is 38.1 Å². The highest BCUT2D eigenvalue weighted by molar-refractivity contribution is 5.92. The lowest BCUT2D eigenvalue weighted by molar-refractivity contribution is -0.123. The molecule has 0 bridgehead atoms. The van der Waals surface area contributed by atoms with Gasteiger partial charge in [-0.1, -0.05) is 36.4 Å². The van der Waals surface area contributed by atoms with Gasteiger partial charge in [-0.2, -0.15) is 10.2 Å². The Balaban J connectivity index is 1.17. The van der Waals surface area contributed by atoms with Crippen molar-refractivity contribution in [1.29, 1.82) is 0 Å². The Labute approximate surface area is 290 Å². The minimum atomic E-state index is -0.505. The number of rotatable bonds is 17. The highest BCUT2D eigenvalue weighted by Crippen LogP contribution is 2.30. The van der Waals surface area contributed by atoms with E-state index in [1.165, 1.54) is 12.4 Å². The molecule has 12 heteroatoms. The van der Waals surface area contributed by atoms with Crippen LogP contribution in [0.25, 0.3) is 0 Å². The average Bonchev–Trinajstić information content (AvgIpc) is 3.13. The number of esters is 2. The first-order chi connectivity index (χ1) is 24.4. The molecule has 258 valence electrons. The fraction of sp³-hybridized carbons (Fsp3) is 0.211. The number of ether oxygens (including phenoxy) is 4. The highest BCUT2D eigenvalue weighted by Gasteiger charge is 2.14. The smallest absolute Gasteiger partial charge is 0.343 e. The molecule has 2 amide bonds. The number of amides is 2. The molecule has 0 aliphatic heterocycles. The molecule has 2 N–H and O–H groups in total. The van der Waals surface area contributed by atoms with Crippen molar-refractivity contribution in [1.82, 2.24) is 10.9 Å². The molecule has 50 heavy (non-hydrogen) atoms. The van der Waals surface area contributed by atoms with Gasteiger partial charge in [0.2, 0.25) is 11.8 Å². The van der Waals surface area contributed by atoms with E-state index in [4.69, 9.17) is 18.9 Å². The van der Waals surface area contributed by atoms with E-state index in [0.717, 1.165) is 0 Å². The fourth-order valence-electron chi connectivity index (χ4n) is 4.42. The zero-order valence-corrected chi connectivity index (χ0v) is 27.8. The van der Waals surface area contributed by atoms with Gasteiger partial charge >= 0.3 is 11.9 Å². The SMILES string of the molecule is CCOc1cc(C=NNC(=O)CCCCC(=O)NN=Cc2ccc(OC(=O)c3ccccc3)c(OCC)c2)ccc1OC(=O)c1ccccc1. The summed E-state index contributed by atoms with van der Waals surface area (Å²) in [4.78, 5) is 49.4. The second-order valence-electron chi connectivity index (χ2n) is 10.6. The van der Waals surface area contributed by atoms with Gasteiger partial charge in [0.15, 0.2) is 23.0 Å². The van der Waals surface area contributed by atoms with Crippen molar-refractivity contribution in [2.24, 2.45) is 10.2 Å². The molecular weight excluding hydrogens is 640 g/mol. The second-order valence-corrected chi connectivity index (χ2v) is 10.6. The van der Waals surface area contributed by atoms with E-state index in [2.05, 4.69) is 21.1 Å². The molecule has 0 radical (unpaired) electrons. The first-order valence-electron chi connectivity index (χ1n) is 16.1. The maximum absolute atomic E-state index is 12.4. The van der Waals surface area contributed by atoms with E-state index in [-0.39, 0.29) is 36.2 Å². The monoisotopic (exact) mass is 678 g/mol. The van der Waals surface area contributed by atoms with Crippen molar-refractivity contribution in [3.63, 3.8) is 0 Å². The molecule has 0 aliphatic carbocycles. The molecule has 0 heterocycles. The van der Waals surface area contributed by atoms with E-state index in [1.54, 1.807) is 84.9 Å². The lowest BCUT2D eigenvalue weighted by atomic mass is 10.2. The first kappa shape index (κ1) is 36.5. The van der Waals surface area contributed by atoms with Crippen LogP contribution in [-0.2, 0) is 9.59 Å². The zero-order valence-electron chi connectivity index (χ0n) is 27.8. The largest absolute Gasteiger partial charge is 0.490 e. The number of hydrogen-bond acceptors (Lipinski definition) is 10. The van der Waals surface area contributed by atoms with Crippen LogP contribution in [0.4, 0.5) is 0 Å². The molecule has 0 aromatic heterocycles. The molecule has 0 saturated carbocycles. The van der Waals surface area contributed by atoms with Crippen LogP contribution < -0.4 is 29.8 Å². The van der Waals surface area contributed by atoms with Crippen LogP contribution in [0, 0.1) is 0 Å². The molecule has 0 aliphatic rings. The molecule has 12 nitrogen and oxygen atoms in total. The van der Waals surface area contributed by atoms with E-state index in [9.17, 15) is 19.2 Å². The topological polar surface area (TPSA) is 154 Å². The molecule has 4 aromatic carbocycles. The Morgan fingerprint density at radius 1 is 0.560 bits per heavy atom. The summed E-state index contributed by atoms with van der Waals surface area (Å²) in [6.45, 7) is 4.34. The van der Waals surface area contributed by atoms with Crippen LogP contribution in [-0.4, -0.2) is 49.4 Å². The maximum atomic E-state index is 12.4. The van der Waals surface area contributed by atoms with E-state index < -0.39 is 11.9 Å². The number of carbonyl (C=O) groups excluding carboxylic acids is 4. The number of nitrogens with zero attached hydrogens (tertiary/aromatic N) is 2. The minimum absolute atomic E-state index is 0.174. The summed E-state index contributed by atoms with van der Waals surface area (Å²) in [7, 11) is 0. The Morgan fingerprint density at radius 2 is 0.960 bits per heavy atom.